The van der Waals surface area contributed by atoms with E-state index in [0.717, 1.165) is 0 Å². The number of carbonyl (C=O) groups is 2. The van der Waals surface area contributed by atoms with Crippen molar-refractivity contribution in [2.45, 2.75) is 19.4 Å². The minimum atomic E-state index is -1.07. The summed E-state index contributed by atoms with van der Waals surface area (Å²) in [5, 5.41) is 11.5. The molecule has 1 amide bonds. The van der Waals surface area contributed by atoms with Gasteiger partial charge in [0.1, 0.15) is 6.04 Å². The first-order chi connectivity index (χ1) is 7.95. The van der Waals surface area contributed by atoms with Crippen LogP contribution in [0.15, 0.2) is 18.2 Å². The fraction of sp³-hybridized carbons (Fsp3) is 0.273. The molecule has 0 aliphatic heterocycles. The molecule has 0 fully saturated rings. The van der Waals surface area contributed by atoms with Crippen LogP contribution in [-0.4, -0.2) is 23.0 Å². The third-order valence-electron chi connectivity index (χ3n) is 2.27. The van der Waals surface area contributed by atoms with Gasteiger partial charge in [0.25, 0.3) is 5.91 Å². The van der Waals surface area contributed by atoms with Crippen LogP contribution in [0.2, 0.25) is 5.02 Å². The molecule has 0 radical (unpaired) electrons. The van der Waals surface area contributed by atoms with Gasteiger partial charge in [0.15, 0.2) is 0 Å². The zero-order valence-corrected chi connectivity index (χ0v) is 9.99. The summed E-state index contributed by atoms with van der Waals surface area (Å²) in [7, 11) is 0. The second kappa shape index (κ2) is 5.54. The number of hydrogen-bond donors (Lipinski definition) is 3. The lowest BCUT2D eigenvalue weighted by molar-refractivity contribution is -0.139. The first-order valence-corrected chi connectivity index (χ1v) is 5.42. The normalized spacial score (nSPS) is 11.9. The predicted molar refractivity (Wildman–Crippen MR) is 65.0 cm³/mol. The minimum Gasteiger partial charge on any atom is -0.480 e. The Balaban J connectivity index is 2.82. The zero-order valence-electron chi connectivity index (χ0n) is 9.24. The van der Waals surface area contributed by atoms with E-state index in [9.17, 15) is 9.59 Å². The predicted octanol–water partition coefficient (Wildman–Crippen LogP) is 1.52. The molecule has 1 atom stereocenters. The van der Waals surface area contributed by atoms with Crippen LogP contribution in [0.1, 0.15) is 23.7 Å². The van der Waals surface area contributed by atoms with E-state index in [1.54, 1.807) is 6.92 Å². The van der Waals surface area contributed by atoms with Gasteiger partial charge < -0.3 is 16.2 Å². The molecule has 92 valence electrons. The molecule has 1 rings (SSSR count). The van der Waals surface area contributed by atoms with E-state index in [-0.39, 0.29) is 10.6 Å². The molecule has 0 aliphatic rings. The van der Waals surface area contributed by atoms with Crippen molar-refractivity contribution in [1.29, 1.82) is 0 Å². The third-order valence-corrected chi connectivity index (χ3v) is 2.60. The molecule has 0 spiro atoms. The fourth-order valence-corrected chi connectivity index (χ4v) is 1.43. The number of carboxylic acids is 1. The van der Waals surface area contributed by atoms with Crippen molar-refractivity contribution in [2.75, 3.05) is 5.73 Å². The Labute approximate surface area is 104 Å². The van der Waals surface area contributed by atoms with E-state index in [1.807, 2.05) is 0 Å². The lowest BCUT2D eigenvalue weighted by atomic mass is 10.1. The second-order valence-corrected chi connectivity index (χ2v) is 3.92. The van der Waals surface area contributed by atoms with Gasteiger partial charge in [-0.3, -0.25) is 4.79 Å². The smallest absolute Gasteiger partial charge is 0.326 e. The maximum absolute atomic E-state index is 11.7. The fourth-order valence-electron chi connectivity index (χ4n) is 1.25. The highest BCUT2D eigenvalue weighted by molar-refractivity contribution is 6.33. The molecule has 0 aromatic heterocycles. The lowest BCUT2D eigenvalue weighted by Gasteiger charge is -2.12. The molecule has 0 unspecified atom stereocenters. The Morgan fingerprint density at radius 2 is 2.18 bits per heavy atom. The monoisotopic (exact) mass is 256 g/mol. The number of aliphatic carboxylic acids is 1. The van der Waals surface area contributed by atoms with Crippen LogP contribution in [0.25, 0.3) is 0 Å². The number of halogens is 1. The Kier molecular flexibility index (Phi) is 4.34. The van der Waals surface area contributed by atoms with Gasteiger partial charge in [-0.2, -0.15) is 0 Å². The maximum atomic E-state index is 11.7. The summed E-state index contributed by atoms with van der Waals surface area (Å²) >= 11 is 5.77. The van der Waals surface area contributed by atoms with Gasteiger partial charge in [-0.1, -0.05) is 18.5 Å². The van der Waals surface area contributed by atoms with Crippen molar-refractivity contribution in [3.63, 3.8) is 0 Å². The Bertz CT molecular complexity index is 448. The summed E-state index contributed by atoms with van der Waals surface area (Å²) in [6.45, 7) is 1.68. The summed E-state index contributed by atoms with van der Waals surface area (Å²) in [5.41, 5.74) is 6.16. The van der Waals surface area contributed by atoms with E-state index in [0.29, 0.717) is 12.1 Å². The Morgan fingerprint density at radius 3 is 2.65 bits per heavy atom. The number of carboxylic acid groups (broad SMARTS) is 1. The molecular weight excluding hydrogens is 244 g/mol. The van der Waals surface area contributed by atoms with E-state index < -0.39 is 17.9 Å². The minimum absolute atomic E-state index is 0.265. The molecule has 6 heteroatoms. The van der Waals surface area contributed by atoms with Crippen molar-refractivity contribution in [1.82, 2.24) is 5.32 Å². The van der Waals surface area contributed by atoms with Crippen molar-refractivity contribution >= 4 is 29.2 Å². The molecule has 0 saturated carbocycles. The second-order valence-electron chi connectivity index (χ2n) is 3.51. The molecule has 0 heterocycles. The van der Waals surface area contributed by atoms with Gasteiger partial charge in [-0.25, -0.2) is 4.79 Å². The highest BCUT2D eigenvalue weighted by atomic mass is 35.5. The number of rotatable bonds is 4. The molecule has 17 heavy (non-hydrogen) atoms. The first-order valence-electron chi connectivity index (χ1n) is 5.04. The van der Waals surface area contributed by atoms with Crippen LogP contribution in [0, 0.1) is 0 Å². The van der Waals surface area contributed by atoms with Gasteiger partial charge in [0, 0.05) is 5.56 Å². The van der Waals surface area contributed by atoms with Gasteiger partial charge in [-0.15, -0.1) is 0 Å². The molecular formula is C11H13ClN2O3. The highest BCUT2D eigenvalue weighted by Crippen LogP contribution is 2.19. The third kappa shape index (κ3) is 3.35. The topological polar surface area (TPSA) is 92.4 Å². The number of hydrogen-bond acceptors (Lipinski definition) is 3. The molecule has 0 aliphatic carbocycles. The summed E-state index contributed by atoms with van der Waals surface area (Å²) in [6.07, 6.45) is 0.309. The summed E-state index contributed by atoms with van der Waals surface area (Å²) < 4.78 is 0. The average molecular weight is 257 g/mol. The summed E-state index contributed by atoms with van der Waals surface area (Å²) in [4.78, 5) is 22.5. The molecule has 1 aromatic carbocycles. The zero-order chi connectivity index (χ0) is 13.0. The van der Waals surface area contributed by atoms with Crippen molar-refractivity contribution in [3.8, 4) is 0 Å². The SMILES string of the molecule is CC[C@H](NC(=O)c1ccc(N)c(Cl)c1)C(=O)O. The van der Waals surface area contributed by atoms with Gasteiger partial charge in [-0.05, 0) is 24.6 Å². The maximum Gasteiger partial charge on any atom is 0.326 e. The molecule has 1 aromatic rings. The van der Waals surface area contributed by atoms with E-state index >= 15 is 0 Å². The van der Waals surface area contributed by atoms with Crippen LogP contribution < -0.4 is 11.1 Å². The quantitative estimate of drug-likeness (QED) is 0.712. The van der Waals surface area contributed by atoms with Crippen LogP contribution in [0.3, 0.4) is 0 Å². The number of nitrogens with one attached hydrogen (secondary N) is 1. The van der Waals surface area contributed by atoms with Gasteiger partial charge in [0.05, 0.1) is 10.7 Å². The number of carbonyl (C=O) groups excluding carboxylic acids is 1. The van der Waals surface area contributed by atoms with Gasteiger partial charge >= 0.3 is 5.97 Å². The molecule has 5 nitrogen and oxygen atoms in total. The van der Waals surface area contributed by atoms with E-state index in [2.05, 4.69) is 5.32 Å². The number of anilines is 1. The number of amides is 1. The number of nitrogen functional groups attached to an aromatic ring is 1. The summed E-state index contributed by atoms with van der Waals surface area (Å²) in [5.74, 6) is -1.55. The Morgan fingerprint density at radius 1 is 1.53 bits per heavy atom. The van der Waals surface area contributed by atoms with Crippen molar-refractivity contribution < 1.29 is 14.7 Å². The van der Waals surface area contributed by atoms with Crippen LogP contribution in [0.5, 0.6) is 0 Å². The van der Waals surface area contributed by atoms with Crippen molar-refractivity contribution in [2.24, 2.45) is 0 Å². The Hall–Kier alpha value is -1.75. The largest absolute Gasteiger partial charge is 0.480 e. The standard InChI is InChI=1S/C11H13ClN2O3/c1-2-9(11(16)17)14-10(15)6-3-4-8(13)7(12)5-6/h3-5,9H,2,13H2,1H3,(H,14,15)(H,16,17)/t9-/m0/s1. The lowest BCUT2D eigenvalue weighted by Crippen LogP contribution is -2.40. The molecule has 4 N–H and O–H groups in total. The van der Waals surface area contributed by atoms with E-state index in [4.69, 9.17) is 22.4 Å². The molecule has 0 saturated heterocycles. The van der Waals surface area contributed by atoms with Crippen molar-refractivity contribution in [3.05, 3.63) is 28.8 Å². The van der Waals surface area contributed by atoms with Crippen LogP contribution >= 0.6 is 11.6 Å². The summed E-state index contributed by atoms with van der Waals surface area (Å²) in [6, 6.07) is 3.49. The average Bonchev–Trinajstić information content (AvgIpc) is 2.28. The first kappa shape index (κ1) is 13.3. The number of benzene rings is 1. The van der Waals surface area contributed by atoms with Crippen LogP contribution in [0.4, 0.5) is 5.69 Å². The molecule has 0 bridgehead atoms. The van der Waals surface area contributed by atoms with Gasteiger partial charge in [0.2, 0.25) is 0 Å². The van der Waals surface area contributed by atoms with Crippen LogP contribution in [-0.2, 0) is 4.79 Å². The van der Waals surface area contributed by atoms with E-state index in [1.165, 1.54) is 18.2 Å². The number of nitrogens with two attached hydrogens (primary N) is 1. The highest BCUT2D eigenvalue weighted by Gasteiger charge is 2.18.